The molecule has 10 nitrogen and oxygen atoms in total. The van der Waals surface area contributed by atoms with Gasteiger partial charge in [0.1, 0.15) is 6.04 Å². The summed E-state index contributed by atoms with van der Waals surface area (Å²) in [4.78, 5) is 28.9. The predicted octanol–water partition coefficient (Wildman–Crippen LogP) is 0.959. The first-order valence-corrected chi connectivity index (χ1v) is 13.3. The van der Waals surface area contributed by atoms with E-state index >= 15 is 0 Å². The van der Waals surface area contributed by atoms with Crippen LogP contribution >= 0.6 is 0 Å². The van der Waals surface area contributed by atoms with Crippen molar-refractivity contribution in [2.45, 2.75) is 49.1 Å². The zero-order valence-corrected chi connectivity index (χ0v) is 20.3. The molecule has 1 aliphatic carbocycles. The van der Waals surface area contributed by atoms with Gasteiger partial charge in [-0.15, -0.1) is 0 Å². The Morgan fingerprint density at radius 2 is 1.71 bits per heavy atom. The van der Waals surface area contributed by atoms with Crippen molar-refractivity contribution in [3.05, 3.63) is 42.5 Å². The van der Waals surface area contributed by atoms with Crippen LogP contribution in [0.2, 0.25) is 0 Å². The third-order valence-electron chi connectivity index (χ3n) is 6.71. The molecule has 188 valence electrons. The number of hydrogen-bond acceptors (Lipinski definition) is 5. The quantitative estimate of drug-likeness (QED) is 0.296. The molecule has 11 heteroatoms. The van der Waals surface area contributed by atoms with Gasteiger partial charge in [0, 0.05) is 25.7 Å². The number of hydrogen-bond donors (Lipinski definition) is 4. The molecule has 1 aliphatic heterocycles. The molecule has 0 radical (unpaired) electrons. The maximum atomic E-state index is 13.6. The molecule has 0 aromatic heterocycles. The summed E-state index contributed by atoms with van der Waals surface area (Å²) in [5.41, 5.74) is 11.0. The summed E-state index contributed by atoms with van der Waals surface area (Å²) in [6, 6.07) is 10.9. The number of benzene rings is 2. The maximum absolute atomic E-state index is 13.6. The number of amides is 2. The van der Waals surface area contributed by atoms with Crippen molar-refractivity contribution < 1.29 is 18.0 Å². The predicted molar refractivity (Wildman–Crippen MR) is 133 cm³/mol. The number of nitrogens with two attached hydrogens (primary N) is 2. The van der Waals surface area contributed by atoms with Gasteiger partial charge in [0.05, 0.1) is 11.3 Å². The lowest BCUT2D eigenvalue weighted by atomic mass is 9.96. The number of fused-ring (bicyclic) bond motifs is 1. The minimum atomic E-state index is -4.08. The van der Waals surface area contributed by atoms with Gasteiger partial charge in [-0.2, -0.15) is 4.72 Å². The largest absolute Gasteiger partial charge is 0.370 e. The van der Waals surface area contributed by atoms with Crippen LogP contribution in [0.25, 0.3) is 10.8 Å². The Kier molecular flexibility index (Phi) is 7.27. The number of carbonyl (C=O) groups excluding carboxylic acids is 2. The second-order valence-electron chi connectivity index (χ2n) is 9.39. The number of sulfonamides is 1. The van der Waals surface area contributed by atoms with Crippen molar-refractivity contribution >= 4 is 38.6 Å². The molecule has 35 heavy (non-hydrogen) atoms. The highest BCUT2D eigenvalue weighted by Gasteiger charge is 2.39. The lowest BCUT2D eigenvalue weighted by Crippen LogP contribution is -2.52. The van der Waals surface area contributed by atoms with Crippen LogP contribution in [0.1, 0.15) is 32.1 Å². The van der Waals surface area contributed by atoms with Crippen molar-refractivity contribution in [3.8, 4) is 0 Å². The molecule has 4 rings (SSSR count). The van der Waals surface area contributed by atoms with Crippen LogP contribution in [0, 0.1) is 11.3 Å². The second kappa shape index (κ2) is 10.2. The molecule has 1 saturated heterocycles. The van der Waals surface area contributed by atoms with Crippen LogP contribution in [0.4, 0.5) is 0 Å². The monoisotopic (exact) mass is 500 g/mol. The van der Waals surface area contributed by atoms with Crippen LogP contribution < -0.4 is 16.2 Å². The fraction of sp³-hybridized carbons (Fsp3) is 0.458. The van der Waals surface area contributed by atoms with Crippen LogP contribution in [0.15, 0.2) is 47.4 Å². The zero-order valence-electron chi connectivity index (χ0n) is 19.5. The van der Waals surface area contributed by atoms with Crippen LogP contribution in [0.5, 0.6) is 0 Å². The SMILES string of the molecule is N=C(N)N1CCC(CN(C(=O)C(CC(N)=O)NS(=O)(=O)c2ccc3ccccc3c2)C2CC2)CC1. The highest BCUT2D eigenvalue weighted by atomic mass is 32.2. The van der Waals surface area contributed by atoms with Gasteiger partial charge in [-0.25, -0.2) is 8.42 Å². The summed E-state index contributed by atoms with van der Waals surface area (Å²) < 4.78 is 28.9. The highest BCUT2D eigenvalue weighted by molar-refractivity contribution is 7.89. The molecule has 1 atom stereocenters. The van der Waals surface area contributed by atoms with E-state index in [0.29, 0.717) is 19.6 Å². The Bertz CT molecular complexity index is 1220. The molecule has 2 aliphatic rings. The summed E-state index contributed by atoms with van der Waals surface area (Å²) >= 11 is 0. The molecule has 1 unspecified atom stereocenters. The van der Waals surface area contributed by atoms with Gasteiger partial charge in [0.2, 0.25) is 21.8 Å². The van der Waals surface area contributed by atoms with E-state index in [1.54, 1.807) is 21.9 Å². The average Bonchev–Trinajstić information content (AvgIpc) is 3.66. The van der Waals surface area contributed by atoms with Gasteiger partial charge in [-0.1, -0.05) is 30.3 Å². The summed E-state index contributed by atoms with van der Waals surface area (Å²) in [7, 11) is -4.08. The van der Waals surface area contributed by atoms with Crippen molar-refractivity contribution in [1.29, 1.82) is 5.41 Å². The number of likely N-dealkylation sites (tertiary alicyclic amines) is 1. The summed E-state index contributed by atoms with van der Waals surface area (Å²) in [6.07, 6.45) is 2.83. The fourth-order valence-corrected chi connectivity index (χ4v) is 5.83. The van der Waals surface area contributed by atoms with E-state index in [1.165, 1.54) is 6.07 Å². The van der Waals surface area contributed by atoms with E-state index in [-0.39, 0.29) is 22.8 Å². The first kappa shape index (κ1) is 24.9. The van der Waals surface area contributed by atoms with Crippen LogP contribution in [-0.4, -0.2) is 67.7 Å². The number of nitrogens with one attached hydrogen (secondary N) is 2. The van der Waals surface area contributed by atoms with Crippen molar-refractivity contribution in [3.63, 3.8) is 0 Å². The van der Waals surface area contributed by atoms with Crippen molar-refractivity contribution in [2.24, 2.45) is 17.4 Å². The molecule has 6 N–H and O–H groups in total. The standard InChI is InChI=1S/C24H32N6O4S/c25-22(31)14-21(28-35(33,34)20-8-5-17-3-1-2-4-18(17)13-20)23(32)30(19-6-7-19)15-16-9-11-29(12-10-16)24(26)27/h1-5,8,13,16,19,21,28H,6-7,9-12,14-15H2,(H2,25,31)(H3,26,27). The smallest absolute Gasteiger partial charge is 0.241 e. The van der Waals surface area contributed by atoms with Crippen LogP contribution in [0.3, 0.4) is 0 Å². The molecule has 0 bridgehead atoms. The molecule has 2 aromatic carbocycles. The molecular formula is C24H32N6O4S. The van der Waals surface area contributed by atoms with E-state index < -0.39 is 34.3 Å². The van der Waals surface area contributed by atoms with Crippen LogP contribution in [-0.2, 0) is 19.6 Å². The third-order valence-corrected chi connectivity index (χ3v) is 8.18. The fourth-order valence-electron chi connectivity index (χ4n) is 4.61. The molecule has 1 saturated carbocycles. The Labute approximate surface area is 205 Å². The Morgan fingerprint density at radius 3 is 2.31 bits per heavy atom. The molecule has 2 amide bonds. The van der Waals surface area contributed by atoms with E-state index in [0.717, 1.165) is 36.5 Å². The highest BCUT2D eigenvalue weighted by Crippen LogP contribution is 2.31. The topological polar surface area (TPSA) is 163 Å². The number of carbonyl (C=O) groups is 2. The number of rotatable bonds is 9. The normalized spacial score (nSPS) is 17.8. The second-order valence-corrected chi connectivity index (χ2v) is 11.1. The number of guanidine groups is 1. The Morgan fingerprint density at radius 1 is 1.06 bits per heavy atom. The summed E-state index contributed by atoms with van der Waals surface area (Å²) in [6.45, 7) is 1.76. The molecule has 1 heterocycles. The lowest BCUT2D eigenvalue weighted by Gasteiger charge is -2.36. The summed E-state index contributed by atoms with van der Waals surface area (Å²) in [5, 5.41) is 9.24. The third kappa shape index (κ3) is 6.09. The Balaban J connectivity index is 1.51. The lowest BCUT2D eigenvalue weighted by molar-refractivity contribution is -0.136. The molecule has 2 fully saturated rings. The summed E-state index contributed by atoms with van der Waals surface area (Å²) in [5.74, 6) is -0.926. The number of primary amides is 1. The molecular weight excluding hydrogens is 468 g/mol. The van der Waals surface area contributed by atoms with Gasteiger partial charge >= 0.3 is 0 Å². The first-order chi connectivity index (χ1) is 16.6. The average molecular weight is 501 g/mol. The van der Waals surface area contributed by atoms with E-state index in [2.05, 4.69) is 4.72 Å². The van der Waals surface area contributed by atoms with Crippen molar-refractivity contribution in [1.82, 2.24) is 14.5 Å². The zero-order chi connectivity index (χ0) is 25.2. The number of piperidine rings is 1. The van der Waals surface area contributed by atoms with Gasteiger partial charge < -0.3 is 21.3 Å². The first-order valence-electron chi connectivity index (χ1n) is 11.8. The number of nitrogens with zero attached hydrogens (tertiary/aromatic N) is 2. The van der Waals surface area contributed by atoms with Gasteiger partial charge in [0.25, 0.3) is 0 Å². The van der Waals surface area contributed by atoms with Gasteiger partial charge in [0.15, 0.2) is 5.96 Å². The maximum Gasteiger partial charge on any atom is 0.241 e. The van der Waals surface area contributed by atoms with Gasteiger partial charge in [-0.05, 0) is 54.5 Å². The van der Waals surface area contributed by atoms with Gasteiger partial charge in [-0.3, -0.25) is 15.0 Å². The molecule has 0 spiro atoms. The van der Waals surface area contributed by atoms with E-state index in [9.17, 15) is 18.0 Å². The van der Waals surface area contributed by atoms with E-state index in [4.69, 9.17) is 16.9 Å². The minimum absolute atomic E-state index is 0.0213. The minimum Gasteiger partial charge on any atom is -0.370 e. The Hall–Kier alpha value is -3.18. The van der Waals surface area contributed by atoms with Crippen molar-refractivity contribution in [2.75, 3.05) is 19.6 Å². The molecule has 2 aromatic rings. The van der Waals surface area contributed by atoms with E-state index in [1.807, 2.05) is 24.3 Å².